The van der Waals surface area contributed by atoms with E-state index in [0.29, 0.717) is 38.3 Å². The molecule has 2 unspecified atom stereocenters. The van der Waals surface area contributed by atoms with Gasteiger partial charge in [-0.2, -0.15) is 0 Å². The molecule has 0 radical (unpaired) electrons. The lowest BCUT2D eigenvalue weighted by Crippen LogP contribution is -2.50. The number of halogens is 1. The first-order valence-corrected chi connectivity index (χ1v) is 13.9. The number of fused-ring (bicyclic) bond motifs is 1. The molecule has 6 rings (SSSR count). The maximum Gasteiger partial charge on any atom is 0.249 e. The predicted octanol–water partition coefficient (Wildman–Crippen LogP) is 3.49. The van der Waals surface area contributed by atoms with Gasteiger partial charge < -0.3 is 14.4 Å². The summed E-state index contributed by atoms with van der Waals surface area (Å²) >= 11 is 0. The lowest BCUT2D eigenvalue weighted by atomic mass is 9.93. The van der Waals surface area contributed by atoms with Gasteiger partial charge in [-0.25, -0.2) is 4.39 Å². The molecule has 3 aliphatic heterocycles. The van der Waals surface area contributed by atoms with E-state index in [9.17, 15) is 18.8 Å². The van der Waals surface area contributed by atoms with Crippen molar-refractivity contribution in [3.8, 4) is 0 Å². The molecule has 1 N–H and O–H groups in total. The molecule has 4 aliphatic rings. The highest BCUT2D eigenvalue weighted by molar-refractivity contribution is 6.06. The van der Waals surface area contributed by atoms with E-state index in [4.69, 9.17) is 9.47 Å². The van der Waals surface area contributed by atoms with Crippen molar-refractivity contribution in [3.63, 3.8) is 0 Å². The van der Waals surface area contributed by atoms with Crippen LogP contribution in [-0.4, -0.2) is 59.7 Å². The predicted molar refractivity (Wildman–Crippen MR) is 148 cm³/mol. The van der Waals surface area contributed by atoms with Crippen molar-refractivity contribution in [2.45, 2.75) is 44.6 Å². The van der Waals surface area contributed by atoms with E-state index in [1.807, 2.05) is 30.2 Å². The highest BCUT2D eigenvalue weighted by Crippen LogP contribution is 2.33. The third kappa shape index (κ3) is 5.73. The number of imide groups is 1. The zero-order valence-electron chi connectivity index (χ0n) is 22.9. The van der Waals surface area contributed by atoms with Gasteiger partial charge in [0.15, 0.2) is 5.76 Å². The molecule has 2 fully saturated rings. The van der Waals surface area contributed by atoms with Crippen LogP contribution in [0.3, 0.4) is 0 Å². The molecule has 1 aliphatic carbocycles. The minimum absolute atomic E-state index is 0.199. The summed E-state index contributed by atoms with van der Waals surface area (Å²) in [5.74, 6) is -0.730. The van der Waals surface area contributed by atoms with Gasteiger partial charge in [0.2, 0.25) is 17.6 Å². The molecule has 2 saturated heterocycles. The minimum Gasteiger partial charge on any atom is -0.484 e. The summed E-state index contributed by atoms with van der Waals surface area (Å²) in [4.78, 5) is 40.8. The number of ether oxygens (including phenoxy) is 2. The van der Waals surface area contributed by atoms with Crippen LogP contribution in [0.25, 0.3) is 0 Å². The van der Waals surface area contributed by atoms with Gasteiger partial charge in [-0.15, -0.1) is 0 Å². The fourth-order valence-electron chi connectivity index (χ4n) is 5.89. The number of nitrogens with zero attached hydrogens (tertiary/aromatic N) is 2. The Hall–Kier alpha value is -4.08. The van der Waals surface area contributed by atoms with Crippen molar-refractivity contribution >= 4 is 17.6 Å². The molecule has 0 saturated carbocycles. The average molecular weight is 558 g/mol. The molecule has 212 valence electrons. The normalized spacial score (nSPS) is 24.8. The van der Waals surface area contributed by atoms with Gasteiger partial charge in [-0.3, -0.25) is 24.6 Å². The summed E-state index contributed by atoms with van der Waals surface area (Å²) in [5.41, 5.74) is 4.15. The maximum absolute atomic E-state index is 13.4. The standard InChI is InChI=1S/C32H32FN3O5/c1-32(24-7-9-25(33)10-8-24)20-35(14-15-41-32)16-21-2-4-22(5-3-21)19-40-30-26-18-36(17-23(26)6-12-28(30)37)27-11-13-29(38)34-31(27)39/h2-10,12,17,27H,11,13-16,18-20H2,1H3,(H,34,38,39). The number of nitrogens with one attached hydrogen (secondary N) is 1. The largest absolute Gasteiger partial charge is 0.484 e. The third-order valence-corrected chi connectivity index (χ3v) is 8.14. The summed E-state index contributed by atoms with van der Waals surface area (Å²) in [6, 6.07) is 14.2. The number of morpholine rings is 1. The Bertz CT molecular complexity index is 1460. The number of hydrogen-bond donors (Lipinski definition) is 1. The minimum atomic E-state index is -0.503. The van der Waals surface area contributed by atoms with Crippen molar-refractivity contribution < 1.29 is 28.2 Å². The lowest BCUT2D eigenvalue weighted by molar-refractivity contribution is -0.136. The monoisotopic (exact) mass is 557 g/mol. The lowest BCUT2D eigenvalue weighted by Gasteiger charge is -2.41. The first-order chi connectivity index (χ1) is 19.8. The molecule has 41 heavy (non-hydrogen) atoms. The first kappa shape index (κ1) is 27.1. The van der Waals surface area contributed by atoms with Gasteiger partial charge in [-0.1, -0.05) is 36.4 Å². The Morgan fingerprint density at radius 3 is 2.56 bits per heavy atom. The van der Waals surface area contributed by atoms with Gasteiger partial charge in [0.25, 0.3) is 0 Å². The van der Waals surface area contributed by atoms with E-state index >= 15 is 0 Å². The van der Waals surface area contributed by atoms with Gasteiger partial charge in [0.1, 0.15) is 24.1 Å². The van der Waals surface area contributed by atoms with Gasteiger partial charge >= 0.3 is 0 Å². The van der Waals surface area contributed by atoms with Gasteiger partial charge in [-0.05, 0) is 59.9 Å². The Balaban J connectivity index is 1.07. The number of carbonyl (C=O) groups excluding carboxylic acids is 3. The molecule has 2 atom stereocenters. The van der Waals surface area contributed by atoms with Gasteiger partial charge in [0.05, 0.1) is 6.61 Å². The van der Waals surface area contributed by atoms with E-state index in [0.717, 1.165) is 40.9 Å². The van der Waals surface area contributed by atoms with Crippen LogP contribution in [0.15, 0.2) is 83.8 Å². The summed E-state index contributed by atoms with van der Waals surface area (Å²) in [5, 5.41) is 2.39. The number of rotatable bonds is 7. The molecule has 9 heteroatoms. The van der Waals surface area contributed by atoms with Crippen LogP contribution in [0.5, 0.6) is 0 Å². The fraction of sp³-hybridized carbons (Fsp3) is 0.344. The summed E-state index contributed by atoms with van der Waals surface area (Å²) < 4.78 is 25.6. The average Bonchev–Trinajstić information content (AvgIpc) is 3.38. The number of benzene rings is 2. The molecule has 2 amide bonds. The van der Waals surface area contributed by atoms with E-state index in [1.165, 1.54) is 18.2 Å². The van der Waals surface area contributed by atoms with Crippen molar-refractivity contribution in [3.05, 3.63) is 106 Å². The fourth-order valence-corrected chi connectivity index (χ4v) is 5.89. The Kier molecular flexibility index (Phi) is 7.32. The van der Waals surface area contributed by atoms with Crippen molar-refractivity contribution in [2.24, 2.45) is 0 Å². The molecule has 3 heterocycles. The van der Waals surface area contributed by atoms with E-state index in [2.05, 4.69) is 22.3 Å². The van der Waals surface area contributed by atoms with E-state index in [1.54, 1.807) is 18.2 Å². The molecule has 8 nitrogen and oxygen atoms in total. The summed E-state index contributed by atoms with van der Waals surface area (Å²) in [6.45, 7) is 5.51. The van der Waals surface area contributed by atoms with Crippen LogP contribution >= 0.6 is 0 Å². The topological polar surface area (TPSA) is 88.2 Å². The summed E-state index contributed by atoms with van der Waals surface area (Å²) in [7, 11) is 0. The van der Waals surface area contributed by atoms with Crippen LogP contribution in [0.2, 0.25) is 0 Å². The first-order valence-electron chi connectivity index (χ1n) is 13.9. The molecule has 2 aromatic carbocycles. The molecule has 2 aromatic rings. The van der Waals surface area contributed by atoms with E-state index < -0.39 is 11.6 Å². The molecule has 0 spiro atoms. The molecule has 0 aromatic heterocycles. The zero-order valence-corrected chi connectivity index (χ0v) is 22.9. The van der Waals surface area contributed by atoms with Crippen LogP contribution in [0.4, 0.5) is 4.39 Å². The maximum atomic E-state index is 13.4. The SMILES string of the molecule is CC1(c2ccc(F)cc2)CN(Cc2ccc(COC3=C4CN(C5CCC(=O)NC5=O)C=C4C=CC3=O)cc2)CCO1. The number of carbonyl (C=O) groups is 3. The smallest absolute Gasteiger partial charge is 0.249 e. The van der Waals surface area contributed by atoms with Crippen molar-refractivity contribution in [1.29, 1.82) is 0 Å². The highest BCUT2D eigenvalue weighted by Gasteiger charge is 2.36. The van der Waals surface area contributed by atoms with Crippen LogP contribution < -0.4 is 5.32 Å². The second kappa shape index (κ2) is 11.1. The summed E-state index contributed by atoms with van der Waals surface area (Å²) in [6.07, 6.45) is 5.84. The zero-order chi connectivity index (χ0) is 28.6. The van der Waals surface area contributed by atoms with Crippen molar-refractivity contribution in [1.82, 2.24) is 15.1 Å². The Morgan fingerprint density at radius 1 is 1.05 bits per heavy atom. The molecular weight excluding hydrogens is 525 g/mol. The Morgan fingerprint density at radius 2 is 1.80 bits per heavy atom. The third-order valence-electron chi connectivity index (χ3n) is 8.14. The van der Waals surface area contributed by atoms with Crippen molar-refractivity contribution in [2.75, 3.05) is 26.2 Å². The van der Waals surface area contributed by atoms with Crippen LogP contribution in [0, 0.1) is 5.82 Å². The number of hydrogen-bond acceptors (Lipinski definition) is 7. The van der Waals surface area contributed by atoms with Crippen LogP contribution in [0.1, 0.15) is 36.5 Å². The van der Waals surface area contributed by atoms with E-state index in [-0.39, 0.29) is 30.0 Å². The van der Waals surface area contributed by atoms with Crippen LogP contribution in [-0.2, 0) is 42.6 Å². The highest BCUT2D eigenvalue weighted by atomic mass is 19.1. The number of ketones is 1. The number of allylic oxidation sites excluding steroid dienone is 2. The molecular formula is C32H32FN3O5. The Labute approximate surface area is 238 Å². The second-order valence-corrected chi connectivity index (χ2v) is 11.1. The van der Waals surface area contributed by atoms with Gasteiger partial charge in [0, 0.05) is 44.4 Å². The quantitative estimate of drug-likeness (QED) is 0.522. The molecule has 0 bridgehead atoms. The second-order valence-electron chi connectivity index (χ2n) is 11.1. The number of piperidine rings is 1. The number of amides is 2.